The normalized spacial score (nSPS) is 18.5. The highest BCUT2D eigenvalue weighted by atomic mass is 19.1. The first-order chi connectivity index (χ1) is 14.0. The summed E-state index contributed by atoms with van der Waals surface area (Å²) < 4.78 is 18.4. The molecule has 8 heteroatoms. The van der Waals surface area contributed by atoms with E-state index in [1.807, 2.05) is 6.20 Å². The third kappa shape index (κ3) is 4.36. The van der Waals surface area contributed by atoms with Gasteiger partial charge in [0.2, 0.25) is 5.91 Å². The van der Waals surface area contributed by atoms with Crippen LogP contribution in [0, 0.1) is 5.82 Å². The fourth-order valence-corrected chi connectivity index (χ4v) is 3.76. The van der Waals surface area contributed by atoms with Gasteiger partial charge in [-0.25, -0.2) is 14.4 Å². The Labute approximate surface area is 168 Å². The summed E-state index contributed by atoms with van der Waals surface area (Å²) >= 11 is 0. The van der Waals surface area contributed by atoms with Crippen LogP contribution in [0.2, 0.25) is 0 Å². The maximum Gasteiger partial charge on any atom is 0.260 e. The summed E-state index contributed by atoms with van der Waals surface area (Å²) in [5, 5.41) is 0. The van der Waals surface area contributed by atoms with Crippen molar-refractivity contribution in [3.63, 3.8) is 0 Å². The van der Waals surface area contributed by atoms with Crippen molar-refractivity contribution in [1.82, 2.24) is 19.8 Å². The molecule has 0 radical (unpaired) electrons. The van der Waals surface area contributed by atoms with E-state index in [-0.39, 0.29) is 30.2 Å². The van der Waals surface area contributed by atoms with Gasteiger partial charge in [0.1, 0.15) is 17.4 Å². The second-order valence-electron chi connectivity index (χ2n) is 7.46. The quantitative estimate of drug-likeness (QED) is 0.787. The molecule has 1 fully saturated rings. The second-order valence-corrected chi connectivity index (χ2v) is 7.46. The molecule has 2 aromatic rings. The molecule has 1 unspecified atom stereocenters. The van der Waals surface area contributed by atoms with Crippen LogP contribution in [0.3, 0.4) is 0 Å². The molecular weight excluding hydrogens is 375 g/mol. The molecule has 2 amide bonds. The Bertz CT molecular complexity index is 919. The predicted molar refractivity (Wildman–Crippen MR) is 103 cm³/mol. The Hall–Kier alpha value is -3.03. The smallest absolute Gasteiger partial charge is 0.260 e. The van der Waals surface area contributed by atoms with Crippen LogP contribution in [0.25, 0.3) is 0 Å². The molecule has 0 bridgehead atoms. The van der Waals surface area contributed by atoms with Crippen LogP contribution in [-0.2, 0) is 22.6 Å². The Kier molecular flexibility index (Phi) is 5.42. The highest BCUT2D eigenvalue weighted by molar-refractivity contribution is 5.78. The number of likely N-dealkylation sites (tertiary alicyclic amines) is 1. The van der Waals surface area contributed by atoms with E-state index in [1.54, 1.807) is 16.7 Å². The first-order valence-electron chi connectivity index (χ1n) is 9.76. The summed E-state index contributed by atoms with van der Waals surface area (Å²) in [6, 6.07) is 5.61. The van der Waals surface area contributed by atoms with E-state index >= 15 is 0 Å². The van der Waals surface area contributed by atoms with Crippen LogP contribution in [0.15, 0.2) is 30.5 Å². The lowest BCUT2D eigenvalue weighted by molar-refractivity contribution is -0.132. The van der Waals surface area contributed by atoms with E-state index in [1.165, 1.54) is 24.3 Å². The average Bonchev–Trinajstić information content (AvgIpc) is 3.22. The van der Waals surface area contributed by atoms with Crippen LogP contribution >= 0.6 is 0 Å². The molecule has 0 N–H and O–H groups in total. The van der Waals surface area contributed by atoms with Gasteiger partial charge in [0.25, 0.3) is 5.91 Å². The number of hydrogen-bond donors (Lipinski definition) is 0. The van der Waals surface area contributed by atoms with Crippen LogP contribution in [0.1, 0.15) is 36.3 Å². The molecular formula is C21H23FN4O3. The standard InChI is InChI=1S/C21H23FN4O3/c1-14(27)25-9-7-19-16(12-25)10-23-21(24-19)15-6-8-26(11-15)20(28)13-29-18-4-2-17(22)3-5-18/h2-5,10,15H,6-9,11-13H2,1H3. The maximum absolute atomic E-state index is 12.9. The van der Waals surface area contributed by atoms with Crippen molar-refractivity contribution in [2.45, 2.75) is 32.2 Å². The molecule has 4 rings (SSSR count). The topological polar surface area (TPSA) is 75.6 Å². The monoisotopic (exact) mass is 398 g/mol. The van der Waals surface area contributed by atoms with Gasteiger partial charge in [0.15, 0.2) is 6.61 Å². The summed E-state index contributed by atoms with van der Waals surface area (Å²) in [5.41, 5.74) is 1.99. The van der Waals surface area contributed by atoms with Crippen LogP contribution < -0.4 is 4.74 Å². The molecule has 0 spiro atoms. The van der Waals surface area contributed by atoms with Gasteiger partial charge in [-0.15, -0.1) is 0 Å². The van der Waals surface area contributed by atoms with Crippen LogP contribution in [0.5, 0.6) is 5.75 Å². The van der Waals surface area contributed by atoms with Gasteiger partial charge in [-0.2, -0.15) is 0 Å². The zero-order chi connectivity index (χ0) is 20.4. The van der Waals surface area contributed by atoms with E-state index in [0.29, 0.717) is 31.9 Å². The lowest BCUT2D eigenvalue weighted by Gasteiger charge is -2.27. The van der Waals surface area contributed by atoms with Gasteiger partial charge in [-0.1, -0.05) is 0 Å². The van der Waals surface area contributed by atoms with Gasteiger partial charge in [-0.3, -0.25) is 9.59 Å². The van der Waals surface area contributed by atoms with E-state index in [9.17, 15) is 14.0 Å². The number of carbonyl (C=O) groups is 2. The minimum Gasteiger partial charge on any atom is -0.484 e. The van der Waals surface area contributed by atoms with Gasteiger partial charge < -0.3 is 14.5 Å². The van der Waals surface area contributed by atoms with E-state index in [2.05, 4.69) is 4.98 Å². The highest BCUT2D eigenvalue weighted by Crippen LogP contribution is 2.26. The largest absolute Gasteiger partial charge is 0.484 e. The number of hydrogen-bond acceptors (Lipinski definition) is 5. The molecule has 2 aliphatic heterocycles. The van der Waals surface area contributed by atoms with Crippen molar-refractivity contribution in [3.8, 4) is 5.75 Å². The number of halogens is 1. The zero-order valence-electron chi connectivity index (χ0n) is 16.3. The van der Waals surface area contributed by atoms with Crippen molar-refractivity contribution in [2.24, 2.45) is 0 Å². The molecule has 29 heavy (non-hydrogen) atoms. The summed E-state index contributed by atoms with van der Waals surface area (Å²) in [6.07, 6.45) is 3.35. The Morgan fingerprint density at radius 3 is 2.76 bits per heavy atom. The van der Waals surface area contributed by atoms with Gasteiger partial charge in [0.05, 0.1) is 5.69 Å². The number of fused-ring (bicyclic) bond motifs is 1. The second kappa shape index (κ2) is 8.14. The maximum atomic E-state index is 12.9. The minimum absolute atomic E-state index is 0.0625. The zero-order valence-corrected chi connectivity index (χ0v) is 16.3. The average molecular weight is 398 g/mol. The van der Waals surface area contributed by atoms with Gasteiger partial charge >= 0.3 is 0 Å². The summed E-state index contributed by atoms with van der Waals surface area (Å²) in [7, 11) is 0. The minimum atomic E-state index is -0.342. The van der Waals surface area contributed by atoms with Crippen LogP contribution in [0.4, 0.5) is 4.39 Å². The lowest BCUT2D eigenvalue weighted by Crippen LogP contribution is -2.35. The van der Waals surface area contributed by atoms with Crippen molar-refractivity contribution in [1.29, 1.82) is 0 Å². The molecule has 7 nitrogen and oxygen atoms in total. The van der Waals surface area contributed by atoms with Crippen molar-refractivity contribution < 1.29 is 18.7 Å². The lowest BCUT2D eigenvalue weighted by atomic mass is 10.0. The summed E-state index contributed by atoms with van der Waals surface area (Å²) in [6.45, 7) is 3.92. The highest BCUT2D eigenvalue weighted by Gasteiger charge is 2.30. The molecule has 0 aliphatic carbocycles. The third-order valence-corrected chi connectivity index (χ3v) is 5.48. The van der Waals surface area contributed by atoms with E-state index < -0.39 is 0 Å². The van der Waals surface area contributed by atoms with Gasteiger partial charge in [-0.05, 0) is 30.7 Å². The summed E-state index contributed by atoms with van der Waals surface area (Å²) in [4.78, 5) is 36.8. The Morgan fingerprint density at radius 2 is 2.00 bits per heavy atom. The first-order valence-corrected chi connectivity index (χ1v) is 9.76. The molecule has 0 saturated carbocycles. The van der Waals surface area contributed by atoms with Crippen molar-refractivity contribution >= 4 is 11.8 Å². The van der Waals surface area contributed by atoms with Crippen LogP contribution in [-0.4, -0.2) is 57.8 Å². The fraction of sp³-hybridized carbons (Fsp3) is 0.429. The van der Waals surface area contributed by atoms with Crippen molar-refractivity contribution in [2.75, 3.05) is 26.2 Å². The predicted octanol–water partition coefficient (Wildman–Crippen LogP) is 1.92. The van der Waals surface area contributed by atoms with E-state index in [4.69, 9.17) is 9.72 Å². The van der Waals surface area contributed by atoms with Crippen molar-refractivity contribution in [3.05, 3.63) is 53.4 Å². The molecule has 3 heterocycles. The third-order valence-electron chi connectivity index (χ3n) is 5.48. The number of benzene rings is 1. The first kappa shape index (κ1) is 19.3. The number of nitrogens with zero attached hydrogens (tertiary/aromatic N) is 4. The molecule has 1 aromatic carbocycles. The number of amides is 2. The Morgan fingerprint density at radius 1 is 1.21 bits per heavy atom. The molecule has 152 valence electrons. The molecule has 1 saturated heterocycles. The molecule has 2 aliphatic rings. The number of ether oxygens (including phenoxy) is 1. The van der Waals surface area contributed by atoms with E-state index in [0.717, 1.165) is 29.9 Å². The molecule has 1 atom stereocenters. The number of aromatic nitrogens is 2. The Balaban J connectivity index is 1.34. The number of carbonyl (C=O) groups excluding carboxylic acids is 2. The fourth-order valence-electron chi connectivity index (χ4n) is 3.76. The summed E-state index contributed by atoms with van der Waals surface area (Å²) in [5.74, 6) is 0.938. The molecule has 1 aromatic heterocycles. The number of rotatable bonds is 4. The SMILES string of the molecule is CC(=O)N1CCc2nc(C3CCN(C(=O)COc4ccc(F)cc4)C3)ncc2C1. The van der Waals surface area contributed by atoms with Gasteiger partial charge in [0, 0.05) is 57.2 Å².